The van der Waals surface area contributed by atoms with Crippen molar-refractivity contribution in [3.63, 3.8) is 0 Å². The van der Waals surface area contributed by atoms with E-state index in [2.05, 4.69) is 10.3 Å². The molecule has 0 radical (unpaired) electrons. The molecule has 1 aromatic carbocycles. The van der Waals surface area contributed by atoms with Crippen molar-refractivity contribution in [3.8, 4) is 5.75 Å². The van der Waals surface area contributed by atoms with Crippen LogP contribution in [0.15, 0.2) is 48.7 Å². The van der Waals surface area contributed by atoms with Gasteiger partial charge in [-0.05, 0) is 38.1 Å². The molecule has 23 heavy (non-hydrogen) atoms. The smallest absolute Gasteiger partial charge is 0.227 e. The summed E-state index contributed by atoms with van der Waals surface area (Å²) in [5.74, 6) is 0.695. The Labute approximate surface area is 134 Å². The topological polar surface area (TPSA) is 55.6 Å². The number of aryl methyl sites for hydroxylation is 2. The predicted octanol–water partition coefficient (Wildman–Crippen LogP) is 3.36. The van der Waals surface area contributed by atoms with Gasteiger partial charge in [0.05, 0.1) is 24.4 Å². The number of hydrogen-bond donors (Lipinski definition) is 1. The fourth-order valence-corrected chi connectivity index (χ4v) is 2.36. The third-order valence-electron chi connectivity index (χ3n) is 3.72. The summed E-state index contributed by atoms with van der Waals surface area (Å²) in [4.78, 5) is 16.5. The van der Waals surface area contributed by atoms with Crippen LogP contribution >= 0.6 is 0 Å². The third-order valence-corrected chi connectivity index (χ3v) is 3.72. The Kier molecular flexibility index (Phi) is 4.28. The Balaban J connectivity index is 1.58. The first kappa shape index (κ1) is 15.1. The van der Waals surface area contributed by atoms with Gasteiger partial charge in [0.1, 0.15) is 11.4 Å². The molecule has 2 aromatic heterocycles. The lowest BCUT2D eigenvalue weighted by atomic mass is 10.3. The molecule has 0 fully saturated rings. The van der Waals surface area contributed by atoms with Gasteiger partial charge in [-0.2, -0.15) is 0 Å². The molecular formula is C18H19N3O2. The summed E-state index contributed by atoms with van der Waals surface area (Å²) >= 11 is 0. The lowest BCUT2D eigenvalue weighted by molar-refractivity contribution is -0.116. The van der Waals surface area contributed by atoms with Crippen molar-refractivity contribution in [3.05, 3.63) is 60.0 Å². The number of nitrogens with one attached hydrogen (secondary N) is 1. The second-order valence-corrected chi connectivity index (χ2v) is 5.39. The summed E-state index contributed by atoms with van der Waals surface area (Å²) in [5, 5.41) is 2.89. The third kappa shape index (κ3) is 3.51. The van der Waals surface area contributed by atoms with Gasteiger partial charge in [-0.1, -0.05) is 18.2 Å². The Bertz CT molecular complexity index is 825. The molecule has 0 bridgehead atoms. The van der Waals surface area contributed by atoms with Gasteiger partial charge in [0.25, 0.3) is 0 Å². The highest BCUT2D eigenvalue weighted by Gasteiger charge is 2.07. The Morgan fingerprint density at radius 2 is 1.96 bits per heavy atom. The summed E-state index contributed by atoms with van der Waals surface area (Å²) in [5.41, 5.74) is 3.70. The maximum Gasteiger partial charge on any atom is 0.227 e. The minimum atomic E-state index is -0.0743. The largest absolute Gasteiger partial charge is 0.493 e. The number of fused-ring (bicyclic) bond motifs is 1. The number of para-hydroxylation sites is 1. The minimum Gasteiger partial charge on any atom is -0.493 e. The maximum absolute atomic E-state index is 12.0. The molecule has 0 unspecified atom stereocenters. The van der Waals surface area contributed by atoms with E-state index in [1.807, 2.05) is 66.9 Å². The standard InChI is InChI=1S/C18H19N3O2/c1-13-14(2)21-12-15(8-9-17(21)19-13)20-18(22)10-11-23-16-6-4-3-5-7-16/h3-9,12H,10-11H2,1-2H3,(H,20,22). The van der Waals surface area contributed by atoms with Gasteiger partial charge in [0.15, 0.2) is 0 Å². The number of pyridine rings is 1. The number of nitrogens with zero attached hydrogens (tertiary/aromatic N) is 2. The molecule has 3 rings (SSSR count). The second-order valence-electron chi connectivity index (χ2n) is 5.39. The van der Waals surface area contributed by atoms with E-state index in [4.69, 9.17) is 4.74 Å². The van der Waals surface area contributed by atoms with Gasteiger partial charge in [-0.3, -0.25) is 4.79 Å². The van der Waals surface area contributed by atoms with E-state index in [-0.39, 0.29) is 5.91 Å². The zero-order valence-electron chi connectivity index (χ0n) is 13.2. The molecule has 2 heterocycles. The molecule has 0 aliphatic carbocycles. The van der Waals surface area contributed by atoms with Gasteiger partial charge >= 0.3 is 0 Å². The van der Waals surface area contributed by atoms with Crippen molar-refractivity contribution < 1.29 is 9.53 Å². The SMILES string of the molecule is Cc1nc2ccc(NC(=O)CCOc3ccccc3)cn2c1C. The number of hydrogen-bond acceptors (Lipinski definition) is 3. The molecule has 0 saturated carbocycles. The highest BCUT2D eigenvalue weighted by atomic mass is 16.5. The summed E-state index contributed by atoms with van der Waals surface area (Å²) in [6.07, 6.45) is 2.19. The van der Waals surface area contributed by atoms with Crippen LogP contribution in [-0.4, -0.2) is 21.9 Å². The zero-order chi connectivity index (χ0) is 16.2. The Hall–Kier alpha value is -2.82. The molecule has 0 spiro atoms. The summed E-state index contributed by atoms with van der Waals surface area (Å²) in [6, 6.07) is 13.2. The molecular weight excluding hydrogens is 290 g/mol. The number of ether oxygens (including phenoxy) is 1. The second kappa shape index (κ2) is 6.52. The van der Waals surface area contributed by atoms with Crippen molar-refractivity contribution in [1.82, 2.24) is 9.38 Å². The van der Waals surface area contributed by atoms with E-state index < -0.39 is 0 Å². The molecule has 5 heteroatoms. The first-order valence-corrected chi connectivity index (χ1v) is 7.56. The highest BCUT2D eigenvalue weighted by Crippen LogP contribution is 2.15. The van der Waals surface area contributed by atoms with E-state index in [9.17, 15) is 4.79 Å². The summed E-state index contributed by atoms with van der Waals surface area (Å²) < 4.78 is 7.51. The van der Waals surface area contributed by atoms with Crippen molar-refractivity contribution in [2.45, 2.75) is 20.3 Å². The van der Waals surface area contributed by atoms with Crippen LogP contribution in [0.3, 0.4) is 0 Å². The highest BCUT2D eigenvalue weighted by molar-refractivity contribution is 5.90. The predicted molar refractivity (Wildman–Crippen MR) is 89.8 cm³/mol. The molecule has 1 amide bonds. The number of carbonyl (C=O) groups excluding carboxylic acids is 1. The molecule has 0 saturated heterocycles. The molecule has 5 nitrogen and oxygen atoms in total. The molecule has 3 aromatic rings. The quantitative estimate of drug-likeness (QED) is 0.786. The van der Waals surface area contributed by atoms with Gasteiger partial charge in [-0.25, -0.2) is 4.98 Å². The summed E-state index contributed by atoms with van der Waals surface area (Å²) in [7, 11) is 0. The van der Waals surface area contributed by atoms with Gasteiger partial charge in [-0.15, -0.1) is 0 Å². The molecule has 1 N–H and O–H groups in total. The number of rotatable bonds is 5. The fraction of sp³-hybridized carbons (Fsp3) is 0.222. The molecule has 0 aliphatic heterocycles. The van der Waals surface area contributed by atoms with Crippen LogP contribution in [0.2, 0.25) is 0 Å². The lowest BCUT2D eigenvalue weighted by Gasteiger charge is -2.08. The van der Waals surface area contributed by atoms with Crippen LogP contribution in [-0.2, 0) is 4.79 Å². The number of aromatic nitrogens is 2. The van der Waals surface area contributed by atoms with Crippen molar-refractivity contribution in [1.29, 1.82) is 0 Å². The van der Waals surface area contributed by atoms with E-state index in [1.54, 1.807) is 0 Å². The fourth-order valence-electron chi connectivity index (χ4n) is 2.36. The van der Waals surface area contributed by atoms with Gasteiger partial charge in [0, 0.05) is 11.9 Å². The zero-order valence-corrected chi connectivity index (χ0v) is 13.2. The number of anilines is 1. The van der Waals surface area contributed by atoms with Crippen LogP contribution in [0.25, 0.3) is 5.65 Å². The van der Waals surface area contributed by atoms with Crippen LogP contribution in [0.1, 0.15) is 17.8 Å². The average Bonchev–Trinajstić information content (AvgIpc) is 2.83. The van der Waals surface area contributed by atoms with Crippen molar-refractivity contribution in [2.75, 3.05) is 11.9 Å². The first-order chi connectivity index (χ1) is 11.1. The van der Waals surface area contributed by atoms with E-state index in [1.165, 1.54) is 0 Å². The monoisotopic (exact) mass is 309 g/mol. The molecule has 0 atom stereocenters. The Morgan fingerprint density at radius 1 is 1.17 bits per heavy atom. The van der Waals surface area contributed by atoms with Crippen molar-refractivity contribution >= 4 is 17.2 Å². The van der Waals surface area contributed by atoms with Gasteiger partial charge < -0.3 is 14.5 Å². The number of amides is 1. The molecule has 0 aliphatic rings. The first-order valence-electron chi connectivity index (χ1n) is 7.56. The maximum atomic E-state index is 12.0. The van der Waals surface area contributed by atoms with E-state index in [0.717, 1.165) is 28.5 Å². The summed E-state index contributed by atoms with van der Waals surface area (Å²) in [6.45, 7) is 4.33. The molecule has 118 valence electrons. The number of carbonyl (C=O) groups is 1. The lowest BCUT2D eigenvalue weighted by Crippen LogP contribution is -2.15. The number of benzene rings is 1. The van der Waals surface area contributed by atoms with Gasteiger partial charge in [0.2, 0.25) is 5.91 Å². The van der Waals surface area contributed by atoms with Crippen LogP contribution in [0.5, 0.6) is 5.75 Å². The van der Waals surface area contributed by atoms with Crippen LogP contribution in [0.4, 0.5) is 5.69 Å². The van der Waals surface area contributed by atoms with Crippen LogP contribution in [0, 0.1) is 13.8 Å². The minimum absolute atomic E-state index is 0.0743. The number of imidazole rings is 1. The average molecular weight is 309 g/mol. The van der Waals surface area contributed by atoms with E-state index in [0.29, 0.717) is 13.0 Å². The van der Waals surface area contributed by atoms with Crippen molar-refractivity contribution in [2.24, 2.45) is 0 Å². The van der Waals surface area contributed by atoms with Crippen LogP contribution < -0.4 is 10.1 Å². The van der Waals surface area contributed by atoms with E-state index >= 15 is 0 Å². The Morgan fingerprint density at radius 3 is 2.74 bits per heavy atom. The normalized spacial score (nSPS) is 10.7.